The molecule has 1 heterocycles. The number of nitrogens with zero attached hydrogens (tertiary/aromatic N) is 1. The number of halogens is 1. The van der Waals surface area contributed by atoms with Crippen molar-refractivity contribution < 1.29 is 14.7 Å². The van der Waals surface area contributed by atoms with Crippen LogP contribution in [0, 0.1) is 0 Å². The Hall–Kier alpha value is -2.34. The van der Waals surface area contributed by atoms with Gasteiger partial charge in [0.25, 0.3) is 0 Å². The van der Waals surface area contributed by atoms with Crippen molar-refractivity contribution in [2.24, 2.45) is 0 Å². The van der Waals surface area contributed by atoms with Crippen LogP contribution in [0.5, 0.6) is 0 Å². The Kier molecular flexibility index (Phi) is 4.70. The largest absolute Gasteiger partial charge is 0.480 e. The average molecular weight is 443 g/mol. The highest BCUT2D eigenvalue weighted by Crippen LogP contribution is 2.52. The number of hydrogen-bond acceptors (Lipinski definition) is 3. The molecule has 4 rings (SSSR count). The van der Waals surface area contributed by atoms with Crippen LogP contribution >= 0.6 is 15.9 Å². The van der Waals surface area contributed by atoms with Crippen LogP contribution in [0.25, 0.3) is 0 Å². The molecular weight excluding hydrogens is 420 g/mol. The van der Waals surface area contributed by atoms with Crippen LogP contribution in [0.2, 0.25) is 0 Å². The van der Waals surface area contributed by atoms with Crippen molar-refractivity contribution in [2.75, 3.05) is 16.8 Å². The summed E-state index contributed by atoms with van der Waals surface area (Å²) in [5, 5.41) is 13.3. The van der Waals surface area contributed by atoms with E-state index >= 15 is 0 Å². The van der Waals surface area contributed by atoms with Crippen LogP contribution in [0.4, 0.5) is 11.4 Å². The lowest BCUT2D eigenvalue weighted by atomic mass is 9.64. The van der Waals surface area contributed by atoms with Crippen molar-refractivity contribution in [1.82, 2.24) is 0 Å². The summed E-state index contributed by atoms with van der Waals surface area (Å²) in [5.41, 5.74) is 1.10. The van der Waals surface area contributed by atoms with Crippen molar-refractivity contribution >= 4 is 39.2 Å². The minimum atomic E-state index is -1.07. The minimum absolute atomic E-state index is 0.109. The average Bonchev–Trinajstić information content (AvgIpc) is 2.92. The summed E-state index contributed by atoms with van der Waals surface area (Å²) >= 11 is 3.43. The van der Waals surface area contributed by atoms with Gasteiger partial charge in [0.15, 0.2) is 0 Å². The quantitative estimate of drug-likeness (QED) is 0.727. The van der Waals surface area contributed by atoms with Gasteiger partial charge in [-0.25, -0.2) is 4.79 Å². The predicted octanol–water partition coefficient (Wildman–Crippen LogP) is 4.56. The van der Waals surface area contributed by atoms with Crippen LogP contribution in [0.15, 0.2) is 53.0 Å². The molecule has 0 atom stereocenters. The lowest BCUT2D eigenvalue weighted by Crippen LogP contribution is -2.54. The molecule has 0 unspecified atom stereocenters. The van der Waals surface area contributed by atoms with Gasteiger partial charge in [0, 0.05) is 22.4 Å². The van der Waals surface area contributed by atoms with Crippen LogP contribution < -0.4 is 10.2 Å². The number of rotatable bonds is 4. The highest BCUT2D eigenvalue weighted by molar-refractivity contribution is 9.10. The number of benzene rings is 2. The number of nitrogens with one attached hydrogen (secondary N) is 1. The monoisotopic (exact) mass is 442 g/mol. The lowest BCUT2D eigenvalue weighted by molar-refractivity contribution is -0.145. The number of carbonyl (C=O) groups excluding carboxylic acids is 1. The Bertz CT molecular complexity index is 935. The van der Waals surface area contributed by atoms with E-state index in [4.69, 9.17) is 0 Å². The predicted molar refractivity (Wildman–Crippen MR) is 113 cm³/mol. The molecule has 2 aromatic carbocycles. The normalized spacial score (nSPS) is 26.4. The van der Waals surface area contributed by atoms with E-state index in [1.807, 2.05) is 60.4 Å². The highest BCUT2D eigenvalue weighted by Gasteiger charge is 2.56. The number of hydrogen-bond donors (Lipinski definition) is 2. The number of anilines is 2. The lowest BCUT2D eigenvalue weighted by Gasteiger charge is -2.42. The molecule has 1 fully saturated rings. The molecule has 28 heavy (non-hydrogen) atoms. The summed E-state index contributed by atoms with van der Waals surface area (Å²) in [5.74, 6) is -0.758. The number of aliphatic carboxylic acids is 1. The minimum Gasteiger partial charge on any atom is -0.480 e. The maximum atomic E-state index is 13.3. The van der Waals surface area contributed by atoms with E-state index in [1.165, 1.54) is 0 Å². The summed E-state index contributed by atoms with van der Waals surface area (Å²) in [7, 11) is 0. The molecule has 1 saturated carbocycles. The molecule has 2 N–H and O–H groups in total. The summed E-state index contributed by atoms with van der Waals surface area (Å²) in [6.45, 7) is 2.60. The molecule has 0 radical (unpaired) electrons. The van der Waals surface area contributed by atoms with E-state index in [-0.39, 0.29) is 5.91 Å². The number of carboxylic acid groups (broad SMARTS) is 1. The fourth-order valence-corrected chi connectivity index (χ4v) is 5.13. The summed E-state index contributed by atoms with van der Waals surface area (Å²) in [4.78, 5) is 27.4. The van der Waals surface area contributed by atoms with Crippen molar-refractivity contribution in [3.63, 3.8) is 0 Å². The van der Waals surface area contributed by atoms with Gasteiger partial charge in [0.1, 0.15) is 5.54 Å². The standard InChI is InChI=1S/C22H23BrN2O3/c1-2-25-18-9-4-3-8-17(18)21(19(25)26)10-12-22(13-11-21,20(27)28)24-16-7-5-6-15(23)14-16/h3-9,14,24H,2,10-13H2,1H3,(H,27,28). The molecule has 0 saturated heterocycles. The maximum absolute atomic E-state index is 13.3. The molecule has 146 valence electrons. The van der Waals surface area contributed by atoms with Crippen LogP contribution in [0.3, 0.4) is 0 Å². The molecule has 0 aromatic heterocycles. The first-order chi connectivity index (χ1) is 13.4. The van der Waals surface area contributed by atoms with Crippen molar-refractivity contribution in [3.05, 3.63) is 58.6 Å². The van der Waals surface area contributed by atoms with E-state index in [2.05, 4.69) is 21.2 Å². The molecule has 1 aliphatic heterocycles. The Morgan fingerprint density at radius 1 is 1.14 bits per heavy atom. The SMILES string of the molecule is CCN1C(=O)C2(CCC(Nc3cccc(Br)c3)(C(=O)O)CC2)c2ccccc21. The highest BCUT2D eigenvalue weighted by atomic mass is 79.9. The second-order valence-corrected chi connectivity index (χ2v) is 8.59. The molecule has 2 aromatic rings. The zero-order chi connectivity index (χ0) is 19.9. The summed E-state index contributed by atoms with van der Waals surface area (Å²) in [6, 6.07) is 15.5. The van der Waals surface area contributed by atoms with Crippen molar-refractivity contribution in [2.45, 2.75) is 43.6 Å². The molecule has 1 spiro atoms. The Balaban J connectivity index is 1.65. The van der Waals surface area contributed by atoms with Crippen LogP contribution in [0.1, 0.15) is 38.2 Å². The molecule has 1 amide bonds. The van der Waals surface area contributed by atoms with Gasteiger partial charge < -0.3 is 15.3 Å². The first-order valence-electron chi connectivity index (χ1n) is 9.60. The summed E-state index contributed by atoms with van der Waals surface area (Å²) in [6.07, 6.45) is 1.83. The zero-order valence-electron chi connectivity index (χ0n) is 15.7. The van der Waals surface area contributed by atoms with Gasteiger partial charge in [-0.1, -0.05) is 40.2 Å². The molecule has 5 nitrogen and oxygen atoms in total. The molecular formula is C22H23BrN2O3. The maximum Gasteiger partial charge on any atom is 0.329 e. The van der Waals surface area contributed by atoms with Gasteiger partial charge in [0.05, 0.1) is 5.41 Å². The second-order valence-electron chi connectivity index (χ2n) is 7.67. The second kappa shape index (κ2) is 6.92. The Morgan fingerprint density at radius 2 is 1.86 bits per heavy atom. The van der Waals surface area contributed by atoms with Crippen LogP contribution in [-0.4, -0.2) is 29.1 Å². The van der Waals surface area contributed by atoms with E-state index in [0.717, 1.165) is 21.4 Å². The van der Waals surface area contributed by atoms with Gasteiger partial charge in [-0.15, -0.1) is 0 Å². The number of carbonyl (C=O) groups is 2. The number of amides is 1. The van der Waals surface area contributed by atoms with Gasteiger partial charge in [-0.2, -0.15) is 0 Å². The molecule has 0 bridgehead atoms. The first-order valence-corrected chi connectivity index (χ1v) is 10.4. The Labute approximate surface area is 172 Å². The third-order valence-electron chi connectivity index (χ3n) is 6.26. The third kappa shape index (κ3) is 2.82. The summed E-state index contributed by atoms with van der Waals surface area (Å²) < 4.78 is 0.892. The topological polar surface area (TPSA) is 69.6 Å². The fourth-order valence-electron chi connectivity index (χ4n) is 4.73. The Morgan fingerprint density at radius 3 is 2.50 bits per heavy atom. The third-order valence-corrected chi connectivity index (χ3v) is 6.75. The zero-order valence-corrected chi connectivity index (χ0v) is 17.3. The van der Waals surface area contributed by atoms with E-state index in [1.54, 1.807) is 0 Å². The van der Waals surface area contributed by atoms with E-state index in [0.29, 0.717) is 32.2 Å². The number of likely N-dealkylation sites (N-methyl/N-ethyl adjacent to an activating group) is 1. The first kappa shape index (κ1) is 19.0. The van der Waals surface area contributed by atoms with E-state index in [9.17, 15) is 14.7 Å². The van der Waals surface area contributed by atoms with Crippen LogP contribution in [-0.2, 0) is 15.0 Å². The number of para-hydroxylation sites is 1. The fraction of sp³-hybridized carbons (Fsp3) is 0.364. The van der Waals surface area contributed by atoms with Gasteiger partial charge in [-0.3, -0.25) is 4.79 Å². The molecule has 1 aliphatic carbocycles. The van der Waals surface area contributed by atoms with Crippen molar-refractivity contribution in [3.8, 4) is 0 Å². The number of carboxylic acids is 1. The molecule has 2 aliphatic rings. The van der Waals surface area contributed by atoms with E-state index < -0.39 is 16.9 Å². The van der Waals surface area contributed by atoms with Gasteiger partial charge >= 0.3 is 5.97 Å². The molecule has 6 heteroatoms. The smallest absolute Gasteiger partial charge is 0.329 e. The van der Waals surface area contributed by atoms with Crippen molar-refractivity contribution in [1.29, 1.82) is 0 Å². The van der Waals surface area contributed by atoms with Gasteiger partial charge in [0.2, 0.25) is 5.91 Å². The van der Waals surface area contributed by atoms with Gasteiger partial charge in [-0.05, 0) is 62.4 Å². The number of fused-ring (bicyclic) bond motifs is 2.